The molecular weight excluding hydrogens is 228 g/mol. The topological polar surface area (TPSA) is 58.2 Å². The molecule has 1 aliphatic rings. The summed E-state index contributed by atoms with van der Waals surface area (Å²) >= 11 is 0. The van der Waals surface area contributed by atoms with Gasteiger partial charge in [-0.15, -0.1) is 0 Å². The van der Waals surface area contributed by atoms with Gasteiger partial charge < -0.3 is 10.6 Å². The fourth-order valence-electron chi connectivity index (χ4n) is 1.93. The molecule has 2 amide bonds. The SMILES string of the molecule is CC(C)CNC(=O)C(=O)NCCC1=CCCCC1. The molecule has 0 saturated carbocycles. The minimum absolute atomic E-state index is 0.356. The molecule has 0 spiro atoms. The van der Waals surface area contributed by atoms with Gasteiger partial charge in [0.05, 0.1) is 0 Å². The van der Waals surface area contributed by atoms with Crippen LogP contribution in [0.2, 0.25) is 0 Å². The second-order valence-electron chi connectivity index (χ2n) is 5.22. The van der Waals surface area contributed by atoms with Gasteiger partial charge in [0, 0.05) is 13.1 Å². The maximum absolute atomic E-state index is 11.5. The average molecular weight is 252 g/mol. The zero-order valence-electron chi connectivity index (χ0n) is 11.4. The molecule has 2 N–H and O–H groups in total. The summed E-state index contributed by atoms with van der Waals surface area (Å²) in [5, 5.41) is 5.27. The third kappa shape index (κ3) is 5.84. The molecule has 0 fully saturated rings. The predicted octanol–water partition coefficient (Wildman–Crippen LogP) is 1.77. The molecule has 102 valence electrons. The first-order chi connectivity index (χ1) is 8.59. The normalized spacial score (nSPS) is 15.2. The Kier molecular flexibility index (Phi) is 6.47. The lowest BCUT2D eigenvalue weighted by Gasteiger charge is -2.13. The number of carbonyl (C=O) groups is 2. The summed E-state index contributed by atoms with van der Waals surface area (Å²) < 4.78 is 0. The van der Waals surface area contributed by atoms with E-state index in [-0.39, 0.29) is 0 Å². The number of amides is 2. The lowest BCUT2D eigenvalue weighted by Crippen LogP contribution is -2.41. The van der Waals surface area contributed by atoms with E-state index in [1.165, 1.54) is 18.4 Å². The van der Waals surface area contributed by atoms with E-state index in [2.05, 4.69) is 16.7 Å². The third-order valence-electron chi connectivity index (χ3n) is 2.99. The minimum atomic E-state index is -0.527. The lowest BCUT2D eigenvalue weighted by molar-refractivity contribution is -0.139. The van der Waals surface area contributed by atoms with Gasteiger partial charge >= 0.3 is 11.8 Å². The van der Waals surface area contributed by atoms with Gasteiger partial charge in [0.2, 0.25) is 0 Å². The Balaban J connectivity index is 2.16. The maximum Gasteiger partial charge on any atom is 0.309 e. The van der Waals surface area contributed by atoms with Crippen molar-refractivity contribution < 1.29 is 9.59 Å². The summed E-state index contributed by atoms with van der Waals surface area (Å²) in [7, 11) is 0. The predicted molar refractivity (Wildman–Crippen MR) is 72.0 cm³/mol. The summed E-state index contributed by atoms with van der Waals surface area (Å²) in [5.74, 6) is -0.692. The molecule has 0 aromatic carbocycles. The second-order valence-corrected chi connectivity index (χ2v) is 5.22. The molecule has 0 radical (unpaired) electrons. The van der Waals surface area contributed by atoms with E-state index in [4.69, 9.17) is 0 Å². The van der Waals surface area contributed by atoms with E-state index >= 15 is 0 Å². The van der Waals surface area contributed by atoms with Gasteiger partial charge in [-0.2, -0.15) is 0 Å². The first-order valence-electron chi connectivity index (χ1n) is 6.83. The third-order valence-corrected chi connectivity index (χ3v) is 2.99. The minimum Gasteiger partial charge on any atom is -0.348 e. The van der Waals surface area contributed by atoms with Gasteiger partial charge in [0.1, 0.15) is 0 Å². The van der Waals surface area contributed by atoms with Crippen LogP contribution in [0.5, 0.6) is 0 Å². The Labute approximate surface area is 109 Å². The number of rotatable bonds is 5. The summed E-state index contributed by atoms with van der Waals surface area (Å²) in [6, 6.07) is 0. The number of nitrogens with one attached hydrogen (secondary N) is 2. The molecule has 0 bridgehead atoms. The van der Waals surface area contributed by atoms with Crippen LogP contribution in [0.25, 0.3) is 0 Å². The highest BCUT2D eigenvalue weighted by atomic mass is 16.2. The van der Waals surface area contributed by atoms with Crippen LogP contribution in [0.4, 0.5) is 0 Å². The van der Waals surface area contributed by atoms with Gasteiger partial charge in [-0.1, -0.05) is 25.5 Å². The quantitative estimate of drug-likeness (QED) is 0.578. The van der Waals surface area contributed by atoms with Gasteiger partial charge in [0.15, 0.2) is 0 Å². The van der Waals surface area contributed by atoms with Crippen LogP contribution in [0, 0.1) is 5.92 Å². The summed E-state index contributed by atoms with van der Waals surface area (Å²) in [6.45, 7) is 5.08. The van der Waals surface area contributed by atoms with E-state index in [1.807, 2.05) is 13.8 Å². The number of hydrogen-bond acceptors (Lipinski definition) is 2. The number of carbonyl (C=O) groups excluding carboxylic acids is 2. The number of hydrogen-bond donors (Lipinski definition) is 2. The monoisotopic (exact) mass is 252 g/mol. The molecule has 0 aromatic rings. The molecule has 4 nitrogen and oxygen atoms in total. The Morgan fingerprint density at radius 2 is 1.94 bits per heavy atom. The molecule has 0 unspecified atom stereocenters. The summed E-state index contributed by atoms with van der Waals surface area (Å²) in [5.41, 5.74) is 1.41. The first-order valence-corrected chi connectivity index (χ1v) is 6.83. The van der Waals surface area contributed by atoms with Crippen LogP contribution in [0.1, 0.15) is 46.0 Å². The maximum atomic E-state index is 11.5. The van der Waals surface area contributed by atoms with Gasteiger partial charge in [-0.05, 0) is 38.0 Å². The van der Waals surface area contributed by atoms with E-state index in [0.717, 1.165) is 19.3 Å². The van der Waals surface area contributed by atoms with Crippen molar-refractivity contribution in [1.29, 1.82) is 0 Å². The van der Waals surface area contributed by atoms with Crippen molar-refractivity contribution in [3.63, 3.8) is 0 Å². The zero-order chi connectivity index (χ0) is 13.4. The highest BCUT2D eigenvalue weighted by Crippen LogP contribution is 2.19. The zero-order valence-corrected chi connectivity index (χ0v) is 11.4. The van der Waals surface area contributed by atoms with Crippen molar-refractivity contribution in [2.24, 2.45) is 5.92 Å². The van der Waals surface area contributed by atoms with Crippen LogP contribution in [-0.2, 0) is 9.59 Å². The molecule has 0 aromatic heterocycles. The van der Waals surface area contributed by atoms with Crippen LogP contribution in [0.15, 0.2) is 11.6 Å². The van der Waals surface area contributed by atoms with Crippen LogP contribution in [0.3, 0.4) is 0 Å². The molecule has 0 heterocycles. The smallest absolute Gasteiger partial charge is 0.309 e. The Hall–Kier alpha value is -1.32. The van der Waals surface area contributed by atoms with Gasteiger partial charge in [-0.25, -0.2) is 0 Å². The average Bonchev–Trinajstić information content (AvgIpc) is 2.37. The lowest BCUT2D eigenvalue weighted by atomic mass is 9.97. The molecule has 0 atom stereocenters. The van der Waals surface area contributed by atoms with E-state index in [0.29, 0.717) is 19.0 Å². The fraction of sp³-hybridized carbons (Fsp3) is 0.714. The van der Waals surface area contributed by atoms with Crippen LogP contribution >= 0.6 is 0 Å². The van der Waals surface area contributed by atoms with Crippen molar-refractivity contribution in [1.82, 2.24) is 10.6 Å². The first kappa shape index (κ1) is 14.7. The number of allylic oxidation sites excluding steroid dienone is 1. The van der Waals surface area contributed by atoms with Crippen LogP contribution < -0.4 is 10.6 Å². The molecule has 1 aliphatic carbocycles. The van der Waals surface area contributed by atoms with Gasteiger partial charge in [0.25, 0.3) is 0 Å². The molecule has 0 saturated heterocycles. The highest BCUT2D eigenvalue weighted by Gasteiger charge is 2.13. The summed E-state index contributed by atoms with van der Waals surface area (Å²) in [4.78, 5) is 22.8. The van der Waals surface area contributed by atoms with E-state index < -0.39 is 11.8 Å². The standard InChI is InChI=1S/C14H24N2O2/c1-11(2)10-16-14(18)13(17)15-9-8-12-6-4-3-5-7-12/h6,11H,3-5,7-10H2,1-2H3,(H,15,17)(H,16,18). The molecule has 18 heavy (non-hydrogen) atoms. The van der Waals surface area contributed by atoms with Gasteiger partial charge in [-0.3, -0.25) is 9.59 Å². The van der Waals surface area contributed by atoms with Crippen molar-refractivity contribution in [3.8, 4) is 0 Å². The second kappa shape index (κ2) is 7.90. The van der Waals surface area contributed by atoms with Crippen molar-refractivity contribution in [3.05, 3.63) is 11.6 Å². The Morgan fingerprint density at radius 1 is 1.22 bits per heavy atom. The Morgan fingerprint density at radius 3 is 2.56 bits per heavy atom. The Bertz CT molecular complexity index is 322. The summed E-state index contributed by atoms with van der Waals surface area (Å²) in [6.07, 6.45) is 7.92. The fourth-order valence-corrected chi connectivity index (χ4v) is 1.93. The largest absolute Gasteiger partial charge is 0.348 e. The molecule has 1 rings (SSSR count). The van der Waals surface area contributed by atoms with Crippen LogP contribution in [-0.4, -0.2) is 24.9 Å². The van der Waals surface area contributed by atoms with Crippen molar-refractivity contribution >= 4 is 11.8 Å². The van der Waals surface area contributed by atoms with Crippen molar-refractivity contribution in [2.75, 3.05) is 13.1 Å². The van der Waals surface area contributed by atoms with E-state index in [1.54, 1.807) is 0 Å². The molecule has 0 aliphatic heterocycles. The molecular formula is C14H24N2O2. The van der Waals surface area contributed by atoms with Crippen molar-refractivity contribution in [2.45, 2.75) is 46.0 Å². The highest BCUT2D eigenvalue weighted by molar-refractivity contribution is 6.35. The molecule has 4 heteroatoms. The van der Waals surface area contributed by atoms with E-state index in [9.17, 15) is 9.59 Å².